The zero-order chi connectivity index (χ0) is 19.3. The summed E-state index contributed by atoms with van der Waals surface area (Å²) in [6, 6.07) is 7.19. The van der Waals surface area contributed by atoms with Crippen molar-refractivity contribution < 1.29 is 24.4 Å². The van der Waals surface area contributed by atoms with Gasteiger partial charge in [0.15, 0.2) is 0 Å². The number of amides is 4. The lowest BCUT2D eigenvalue weighted by Crippen LogP contribution is -2.16. The van der Waals surface area contributed by atoms with Gasteiger partial charge in [-0.15, -0.1) is 5.10 Å². The van der Waals surface area contributed by atoms with Crippen LogP contribution in [0.2, 0.25) is 0 Å². The molecule has 1 N–H and O–H groups in total. The SMILES string of the molecule is O=C1CCC(=O)N1Br.O=C1CCC(=O)N1Br.On1nnc2ccccc21. The first kappa shape index (κ1) is 20.0. The second-order valence-electron chi connectivity index (χ2n) is 5.10. The second kappa shape index (κ2) is 8.85. The van der Waals surface area contributed by atoms with Crippen LogP contribution in [0.5, 0.6) is 0 Å². The molecular formula is C14H13Br2N5O5. The van der Waals surface area contributed by atoms with Crippen LogP contribution in [0.15, 0.2) is 24.3 Å². The van der Waals surface area contributed by atoms with Crippen LogP contribution in [-0.4, -0.2) is 51.8 Å². The monoisotopic (exact) mass is 489 g/mol. The number of fused-ring (bicyclic) bond motifs is 1. The Labute approximate surface area is 164 Å². The molecule has 2 aliphatic rings. The van der Waals surface area contributed by atoms with Crippen molar-refractivity contribution in [1.29, 1.82) is 0 Å². The quantitative estimate of drug-likeness (QED) is 0.337. The van der Waals surface area contributed by atoms with E-state index in [1.165, 1.54) is 0 Å². The Kier molecular flexibility index (Phi) is 6.80. The number of para-hydroxylation sites is 1. The van der Waals surface area contributed by atoms with Crippen LogP contribution in [0.1, 0.15) is 25.7 Å². The lowest BCUT2D eigenvalue weighted by atomic mass is 10.3. The number of benzene rings is 1. The van der Waals surface area contributed by atoms with Crippen LogP contribution in [0.4, 0.5) is 0 Å². The van der Waals surface area contributed by atoms with Crippen molar-refractivity contribution in [3.63, 3.8) is 0 Å². The van der Waals surface area contributed by atoms with Crippen molar-refractivity contribution in [2.75, 3.05) is 0 Å². The molecule has 10 nitrogen and oxygen atoms in total. The van der Waals surface area contributed by atoms with Crippen molar-refractivity contribution in [1.82, 2.24) is 23.0 Å². The Balaban J connectivity index is 0.000000142. The molecule has 0 atom stereocenters. The van der Waals surface area contributed by atoms with Gasteiger partial charge in [-0.3, -0.25) is 19.2 Å². The maximum absolute atomic E-state index is 10.4. The predicted molar refractivity (Wildman–Crippen MR) is 94.7 cm³/mol. The average Bonchev–Trinajstić information content (AvgIpc) is 3.26. The van der Waals surface area contributed by atoms with Crippen molar-refractivity contribution in [2.45, 2.75) is 25.7 Å². The predicted octanol–water partition coefficient (Wildman–Crippen LogP) is 1.56. The molecule has 1 aromatic heterocycles. The summed E-state index contributed by atoms with van der Waals surface area (Å²) in [5.74, 6) is -0.574. The fourth-order valence-electron chi connectivity index (χ4n) is 1.96. The summed E-state index contributed by atoms with van der Waals surface area (Å²) in [7, 11) is 0. The van der Waals surface area contributed by atoms with Gasteiger partial charge < -0.3 is 5.21 Å². The molecule has 138 valence electrons. The number of rotatable bonds is 0. The van der Waals surface area contributed by atoms with Gasteiger partial charge in [0, 0.05) is 25.7 Å². The molecule has 1 aromatic carbocycles. The summed E-state index contributed by atoms with van der Waals surface area (Å²) >= 11 is 5.61. The third-order valence-electron chi connectivity index (χ3n) is 3.32. The molecule has 0 radical (unpaired) electrons. The van der Waals surface area contributed by atoms with Crippen LogP contribution in [0.25, 0.3) is 11.0 Å². The zero-order valence-corrected chi connectivity index (χ0v) is 16.4. The first-order chi connectivity index (χ1) is 12.3. The van der Waals surface area contributed by atoms with Gasteiger partial charge in [0.2, 0.25) is 23.6 Å². The molecule has 2 aliphatic heterocycles. The standard InChI is InChI=1S/C6H5N3O.2C4H4BrNO2/c10-9-6-4-2-1-3-5(6)7-8-9;2*5-6-3(7)1-2-4(6)8/h1-4,10H;2*1-2H2. The molecule has 3 heterocycles. The Morgan fingerprint density at radius 3 is 1.58 bits per heavy atom. The largest absolute Gasteiger partial charge is 0.410 e. The highest BCUT2D eigenvalue weighted by molar-refractivity contribution is 9.08. The number of imide groups is 2. The Bertz CT molecular complexity index is 789. The van der Waals surface area contributed by atoms with E-state index in [2.05, 4.69) is 42.6 Å². The van der Waals surface area contributed by atoms with E-state index in [0.29, 0.717) is 36.7 Å². The van der Waals surface area contributed by atoms with Gasteiger partial charge in [0.25, 0.3) is 0 Å². The van der Waals surface area contributed by atoms with Gasteiger partial charge in [0.1, 0.15) is 11.0 Å². The third kappa shape index (κ3) is 4.85. The smallest absolute Gasteiger partial charge is 0.239 e. The highest BCUT2D eigenvalue weighted by Crippen LogP contribution is 2.15. The van der Waals surface area contributed by atoms with Crippen molar-refractivity contribution in [3.05, 3.63) is 24.3 Å². The lowest BCUT2D eigenvalue weighted by molar-refractivity contribution is -0.133. The molecule has 0 bridgehead atoms. The van der Waals surface area contributed by atoms with Gasteiger partial charge in [-0.05, 0) is 17.3 Å². The van der Waals surface area contributed by atoms with Crippen molar-refractivity contribution >= 4 is 67.0 Å². The minimum Gasteiger partial charge on any atom is -0.410 e. The summed E-state index contributed by atoms with van der Waals surface area (Å²) in [6.45, 7) is 0. The molecule has 2 aromatic rings. The molecule has 4 rings (SSSR count). The van der Waals surface area contributed by atoms with Gasteiger partial charge in [-0.25, -0.2) is 7.85 Å². The van der Waals surface area contributed by atoms with Crippen LogP contribution in [0.3, 0.4) is 0 Å². The molecule has 26 heavy (non-hydrogen) atoms. The summed E-state index contributed by atoms with van der Waals surface area (Å²) in [4.78, 5) is 42.5. The minimum absolute atomic E-state index is 0.144. The van der Waals surface area contributed by atoms with E-state index >= 15 is 0 Å². The fourth-order valence-corrected chi connectivity index (χ4v) is 2.66. The van der Waals surface area contributed by atoms with E-state index < -0.39 is 0 Å². The summed E-state index contributed by atoms with van der Waals surface area (Å²) < 4.78 is 1.96. The summed E-state index contributed by atoms with van der Waals surface area (Å²) in [6.07, 6.45) is 1.41. The molecule has 2 fully saturated rings. The number of carbonyl (C=O) groups is 4. The first-order valence-electron chi connectivity index (χ1n) is 7.34. The number of halogens is 2. The van der Waals surface area contributed by atoms with Crippen molar-refractivity contribution in [3.8, 4) is 0 Å². The van der Waals surface area contributed by atoms with Gasteiger partial charge in [-0.1, -0.05) is 17.0 Å². The number of hydrogen-bond donors (Lipinski definition) is 1. The molecule has 0 saturated carbocycles. The maximum atomic E-state index is 10.4. The van der Waals surface area contributed by atoms with E-state index in [0.717, 1.165) is 12.7 Å². The molecule has 0 unspecified atom stereocenters. The highest BCUT2D eigenvalue weighted by Gasteiger charge is 2.26. The van der Waals surface area contributed by atoms with Gasteiger partial charge in [0.05, 0.1) is 32.3 Å². The molecule has 4 amide bonds. The molecule has 12 heteroatoms. The van der Waals surface area contributed by atoms with Crippen LogP contribution in [0, 0.1) is 0 Å². The topological polar surface area (TPSA) is 126 Å². The molecule has 0 aliphatic carbocycles. The Morgan fingerprint density at radius 2 is 1.23 bits per heavy atom. The third-order valence-corrected chi connectivity index (χ3v) is 4.90. The fraction of sp³-hybridized carbons (Fsp3) is 0.286. The van der Waals surface area contributed by atoms with E-state index in [9.17, 15) is 19.2 Å². The Morgan fingerprint density at radius 1 is 0.808 bits per heavy atom. The highest BCUT2D eigenvalue weighted by atomic mass is 79.9. The van der Waals surface area contributed by atoms with E-state index in [1.807, 2.05) is 12.1 Å². The maximum Gasteiger partial charge on any atom is 0.239 e. The van der Waals surface area contributed by atoms with E-state index in [-0.39, 0.29) is 23.6 Å². The molecule has 2 saturated heterocycles. The van der Waals surface area contributed by atoms with E-state index in [4.69, 9.17) is 5.21 Å². The number of carbonyl (C=O) groups excluding carboxylic acids is 4. The van der Waals surface area contributed by atoms with Gasteiger partial charge in [-0.2, -0.15) is 0 Å². The summed E-state index contributed by atoms with van der Waals surface area (Å²) in [5.41, 5.74) is 1.33. The zero-order valence-electron chi connectivity index (χ0n) is 13.2. The second-order valence-corrected chi connectivity index (χ2v) is 6.52. The average molecular weight is 491 g/mol. The normalized spacial score (nSPS) is 16.5. The first-order valence-corrected chi connectivity index (χ1v) is 8.76. The number of hydrogen-bond acceptors (Lipinski definition) is 7. The minimum atomic E-state index is -0.144. The Hall–Kier alpha value is -2.34. The molecular weight excluding hydrogens is 478 g/mol. The van der Waals surface area contributed by atoms with Crippen LogP contribution < -0.4 is 0 Å². The summed E-state index contributed by atoms with van der Waals surface area (Å²) in [5, 5.41) is 16.1. The van der Waals surface area contributed by atoms with Crippen LogP contribution in [-0.2, 0) is 19.2 Å². The molecule has 0 spiro atoms. The van der Waals surface area contributed by atoms with Crippen LogP contribution >= 0.6 is 32.3 Å². The number of nitrogens with zero attached hydrogens (tertiary/aromatic N) is 5. The van der Waals surface area contributed by atoms with Crippen molar-refractivity contribution in [2.24, 2.45) is 0 Å². The van der Waals surface area contributed by atoms with E-state index in [1.54, 1.807) is 12.1 Å². The van der Waals surface area contributed by atoms with Gasteiger partial charge >= 0.3 is 0 Å². The lowest BCUT2D eigenvalue weighted by Gasteiger charge is -1.97. The number of aromatic nitrogens is 3.